The quantitative estimate of drug-likeness (QED) is 0.687. The third kappa shape index (κ3) is 1.84. The topological polar surface area (TPSA) is 6.48 Å². The maximum atomic E-state index is 2.90. The molecule has 0 spiro atoms. The zero-order valence-electron chi connectivity index (χ0n) is 11.0. The van der Waals surface area contributed by atoms with Gasteiger partial charge in [0.1, 0.15) is 0 Å². The Bertz CT molecular complexity index is 291. The Balaban J connectivity index is 1.46. The van der Waals surface area contributed by atoms with Crippen LogP contribution in [0.15, 0.2) is 0 Å². The minimum Gasteiger partial charge on any atom is -0.299 e. The summed E-state index contributed by atoms with van der Waals surface area (Å²) >= 11 is 0. The first-order valence-corrected chi connectivity index (χ1v) is 7.88. The maximum Gasteiger partial charge on any atom is 0.0223 e. The second-order valence-electron chi connectivity index (χ2n) is 6.92. The molecule has 2 nitrogen and oxygen atoms in total. The van der Waals surface area contributed by atoms with Crippen LogP contribution in [0.1, 0.15) is 44.9 Å². The molecule has 4 aliphatic rings. The summed E-state index contributed by atoms with van der Waals surface area (Å²) in [5, 5.41) is 0. The van der Waals surface area contributed by atoms with Crippen molar-refractivity contribution >= 4 is 0 Å². The fourth-order valence-electron chi connectivity index (χ4n) is 5.19. The fourth-order valence-corrected chi connectivity index (χ4v) is 5.19. The van der Waals surface area contributed by atoms with E-state index in [9.17, 15) is 0 Å². The van der Waals surface area contributed by atoms with Crippen LogP contribution in [-0.2, 0) is 0 Å². The number of hydrogen-bond acceptors (Lipinski definition) is 2. The lowest BCUT2D eigenvalue weighted by molar-refractivity contribution is 0.130. The molecule has 0 radical (unpaired) electrons. The third-order valence-corrected chi connectivity index (χ3v) is 6.00. The van der Waals surface area contributed by atoms with E-state index in [1.165, 1.54) is 51.9 Å². The molecule has 2 aliphatic heterocycles. The summed E-state index contributed by atoms with van der Waals surface area (Å²) in [6, 6.07) is 1.89. The summed E-state index contributed by atoms with van der Waals surface area (Å²) in [6.45, 7) is 5.55. The molecule has 2 saturated carbocycles. The Hall–Kier alpha value is -0.0800. The SMILES string of the molecule is C1CC2CN(C3CC4CCC3C4)CCCN2C1. The van der Waals surface area contributed by atoms with Crippen LogP contribution >= 0.6 is 0 Å². The van der Waals surface area contributed by atoms with Crippen molar-refractivity contribution in [1.29, 1.82) is 0 Å². The van der Waals surface area contributed by atoms with Gasteiger partial charge in [-0.05, 0) is 70.0 Å². The van der Waals surface area contributed by atoms with Crippen molar-refractivity contribution in [2.24, 2.45) is 11.8 Å². The summed E-state index contributed by atoms with van der Waals surface area (Å²) in [5.41, 5.74) is 0. The fraction of sp³-hybridized carbons (Fsp3) is 1.00. The van der Waals surface area contributed by atoms with Crippen LogP contribution in [0.25, 0.3) is 0 Å². The van der Waals surface area contributed by atoms with Crippen LogP contribution in [-0.4, -0.2) is 48.1 Å². The van der Waals surface area contributed by atoms with E-state index in [0.717, 1.165) is 23.9 Å². The molecule has 2 heterocycles. The van der Waals surface area contributed by atoms with E-state index in [1.807, 2.05) is 0 Å². The van der Waals surface area contributed by atoms with Crippen molar-refractivity contribution in [1.82, 2.24) is 9.80 Å². The summed E-state index contributed by atoms with van der Waals surface area (Å²) in [6.07, 6.45) is 10.5. The van der Waals surface area contributed by atoms with Crippen LogP contribution in [0.5, 0.6) is 0 Å². The number of nitrogens with zero attached hydrogens (tertiary/aromatic N) is 2. The van der Waals surface area contributed by atoms with Gasteiger partial charge in [0.2, 0.25) is 0 Å². The molecule has 2 aliphatic carbocycles. The molecule has 2 saturated heterocycles. The van der Waals surface area contributed by atoms with Crippen LogP contribution in [0.2, 0.25) is 0 Å². The molecule has 0 aromatic heterocycles. The van der Waals surface area contributed by atoms with E-state index < -0.39 is 0 Å². The summed E-state index contributed by atoms with van der Waals surface area (Å²) < 4.78 is 0. The molecule has 4 fully saturated rings. The second-order valence-corrected chi connectivity index (χ2v) is 6.92. The first-order valence-electron chi connectivity index (χ1n) is 7.88. The van der Waals surface area contributed by atoms with Crippen molar-refractivity contribution < 1.29 is 0 Å². The van der Waals surface area contributed by atoms with Gasteiger partial charge in [-0.25, -0.2) is 0 Å². The molecule has 4 atom stereocenters. The molecule has 2 bridgehead atoms. The molecule has 96 valence electrons. The summed E-state index contributed by atoms with van der Waals surface area (Å²) in [5.74, 6) is 2.18. The van der Waals surface area contributed by atoms with Crippen molar-refractivity contribution in [3.05, 3.63) is 0 Å². The monoisotopic (exact) mass is 234 g/mol. The third-order valence-electron chi connectivity index (χ3n) is 6.00. The summed E-state index contributed by atoms with van der Waals surface area (Å²) in [7, 11) is 0. The Morgan fingerprint density at radius 3 is 2.47 bits per heavy atom. The van der Waals surface area contributed by atoms with Crippen molar-refractivity contribution in [3.8, 4) is 0 Å². The average Bonchev–Trinajstić information content (AvgIpc) is 3.03. The van der Waals surface area contributed by atoms with E-state index in [-0.39, 0.29) is 0 Å². The van der Waals surface area contributed by atoms with E-state index in [4.69, 9.17) is 0 Å². The predicted molar refractivity (Wildman–Crippen MR) is 70.0 cm³/mol. The molecular weight excluding hydrogens is 208 g/mol. The highest BCUT2D eigenvalue weighted by atomic mass is 15.3. The van der Waals surface area contributed by atoms with Gasteiger partial charge in [-0.3, -0.25) is 9.80 Å². The lowest BCUT2D eigenvalue weighted by Crippen LogP contribution is -2.44. The van der Waals surface area contributed by atoms with E-state index >= 15 is 0 Å². The van der Waals surface area contributed by atoms with Gasteiger partial charge in [-0.15, -0.1) is 0 Å². The number of fused-ring (bicyclic) bond motifs is 3. The average molecular weight is 234 g/mol. The summed E-state index contributed by atoms with van der Waals surface area (Å²) in [4.78, 5) is 5.67. The molecule has 17 heavy (non-hydrogen) atoms. The van der Waals surface area contributed by atoms with Gasteiger partial charge in [-0.2, -0.15) is 0 Å². The molecule has 4 rings (SSSR count). The van der Waals surface area contributed by atoms with Gasteiger partial charge in [0.05, 0.1) is 0 Å². The molecular formula is C15H26N2. The zero-order chi connectivity index (χ0) is 11.2. The number of rotatable bonds is 1. The minimum atomic E-state index is 0.914. The van der Waals surface area contributed by atoms with Gasteiger partial charge < -0.3 is 0 Å². The predicted octanol–water partition coefficient (Wildman–Crippen LogP) is 2.35. The largest absolute Gasteiger partial charge is 0.299 e. The first-order chi connectivity index (χ1) is 8.40. The maximum absolute atomic E-state index is 2.90. The molecule has 0 aromatic rings. The van der Waals surface area contributed by atoms with Gasteiger partial charge in [0, 0.05) is 18.6 Å². The Morgan fingerprint density at radius 2 is 1.65 bits per heavy atom. The second kappa shape index (κ2) is 4.24. The Morgan fingerprint density at radius 1 is 0.765 bits per heavy atom. The van der Waals surface area contributed by atoms with Crippen molar-refractivity contribution in [2.45, 2.75) is 57.0 Å². The van der Waals surface area contributed by atoms with Crippen LogP contribution in [0, 0.1) is 11.8 Å². The van der Waals surface area contributed by atoms with Gasteiger partial charge >= 0.3 is 0 Å². The lowest BCUT2D eigenvalue weighted by atomic mass is 9.93. The standard InChI is InChI=1S/C15H26N2/c1-3-14-11-17(8-2-7-16(14)6-1)15-10-12-4-5-13(15)9-12/h12-15H,1-11H2. The van der Waals surface area contributed by atoms with Gasteiger partial charge in [0.15, 0.2) is 0 Å². The van der Waals surface area contributed by atoms with Gasteiger partial charge in [0.25, 0.3) is 0 Å². The molecule has 2 heteroatoms. The van der Waals surface area contributed by atoms with Crippen LogP contribution in [0.4, 0.5) is 0 Å². The highest BCUT2D eigenvalue weighted by Gasteiger charge is 2.43. The first kappa shape index (κ1) is 10.8. The lowest BCUT2D eigenvalue weighted by Gasteiger charge is -2.35. The number of hydrogen-bond donors (Lipinski definition) is 0. The molecule has 0 N–H and O–H groups in total. The Labute approximate surface area is 105 Å². The van der Waals surface area contributed by atoms with Crippen molar-refractivity contribution in [2.75, 3.05) is 26.2 Å². The highest BCUT2D eigenvalue weighted by molar-refractivity contribution is 4.97. The van der Waals surface area contributed by atoms with Crippen LogP contribution in [0.3, 0.4) is 0 Å². The van der Waals surface area contributed by atoms with E-state index in [1.54, 1.807) is 19.3 Å². The highest BCUT2D eigenvalue weighted by Crippen LogP contribution is 2.47. The molecule has 0 aromatic carbocycles. The van der Waals surface area contributed by atoms with E-state index in [0.29, 0.717) is 0 Å². The zero-order valence-corrected chi connectivity index (χ0v) is 11.0. The van der Waals surface area contributed by atoms with E-state index in [2.05, 4.69) is 9.80 Å². The molecule has 4 unspecified atom stereocenters. The minimum absolute atomic E-state index is 0.914. The van der Waals surface area contributed by atoms with Crippen LogP contribution < -0.4 is 0 Å². The molecule has 0 amide bonds. The normalized spacial score (nSPS) is 47.3. The Kier molecular flexibility index (Phi) is 2.69. The van der Waals surface area contributed by atoms with Gasteiger partial charge in [-0.1, -0.05) is 6.42 Å². The smallest absolute Gasteiger partial charge is 0.0223 e. The van der Waals surface area contributed by atoms with Crippen molar-refractivity contribution in [3.63, 3.8) is 0 Å².